The van der Waals surface area contributed by atoms with Crippen LogP contribution >= 0.6 is 0 Å². The molecule has 0 bridgehead atoms. The lowest BCUT2D eigenvalue weighted by molar-refractivity contribution is 0.00194. The molecule has 4 unspecified atom stereocenters. The molecule has 0 aromatic carbocycles. The molecule has 0 aromatic heterocycles. The van der Waals surface area contributed by atoms with E-state index in [1.807, 2.05) is 0 Å². The topological polar surface area (TPSA) is 21.3 Å². The van der Waals surface area contributed by atoms with Gasteiger partial charge in [0.05, 0.1) is 6.10 Å². The molecule has 1 saturated carbocycles. The van der Waals surface area contributed by atoms with E-state index >= 15 is 0 Å². The first kappa shape index (κ1) is 14.2. The molecule has 4 heteroatoms. The van der Waals surface area contributed by atoms with E-state index in [-0.39, 0.29) is 30.9 Å². The normalized spacial score (nSPS) is 37.0. The standard InChI is InChI=1S/C14H25F2NO/c1-3-17-12(13-10(2)5-7-18-13)8-11-4-6-14(15,16)9-11/h10-13,17H,3-9H2,1-2H3. The average molecular weight is 261 g/mol. The molecule has 2 aliphatic rings. The molecule has 1 aliphatic heterocycles. The third-order valence-corrected chi connectivity index (χ3v) is 4.40. The van der Waals surface area contributed by atoms with Crippen molar-refractivity contribution in [3.8, 4) is 0 Å². The van der Waals surface area contributed by atoms with E-state index in [1.165, 1.54) is 0 Å². The number of hydrogen-bond acceptors (Lipinski definition) is 2. The highest BCUT2D eigenvalue weighted by atomic mass is 19.3. The van der Waals surface area contributed by atoms with Crippen LogP contribution in [0.4, 0.5) is 8.78 Å². The smallest absolute Gasteiger partial charge is 0.248 e. The van der Waals surface area contributed by atoms with Crippen LogP contribution in [0, 0.1) is 11.8 Å². The minimum absolute atomic E-state index is 0.0655. The number of likely N-dealkylation sites (N-methyl/N-ethyl adjacent to an activating group) is 1. The Labute approximate surface area is 108 Å². The molecular weight excluding hydrogens is 236 g/mol. The monoisotopic (exact) mass is 261 g/mol. The number of hydrogen-bond donors (Lipinski definition) is 1. The van der Waals surface area contributed by atoms with Gasteiger partial charge in [0.15, 0.2) is 0 Å². The summed E-state index contributed by atoms with van der Waals surface area (Å²) in [5.74, 6) is -1.74. The molecule has 0 radical (unpaired) electrons. The second-order valence-electron chi connectivity index (χ2n) is 5.97. The largest absolute Gasteiger partial charge is 0.376 e. The van der Waals surface area contributed by atoms with Gasteiger partial charge in [-0.05, 0) is 37.6 Å². The molecule has 0 amide bonds. The van der Waals surface area contributed by atoms with Gasteiger partial charge in [0.1, 0.15) is 0 Å². The molecule has 1 saturated heterocycles. The van der Waals surface area contributed by atoms with Gasteiger partial charge >= 0.3 is 0 Å². The zero-order valence-electron chi connectivity index (χ0n) is 11.4. The van der Waals surface area contributed by atoms with Gasteiger partial charge in [0.2, 0.25) is 5.92 Å². The van der Waals surface area contributed by atoms with Crippen molar-refractivity contribution in [1.82, 2.24) is 5.32 Å². The van der Waals surface area contributed by atoms with Crippen molar-refractivity contribution in [2.45, 2.75) is 64.0 Å². The molecule has 18 heavy (non-hydrogen) atoms. The SMILES string of the molecule is CCNC(CC1CCC(F)(F)C1)C1OCCC1C. The maximum Gasteiger partial charge on any atom is 0.248 e. The highest BCUT2D eigenvalue weighted by molar-refractivity contribution is 4.90. The zero-order valence-corrected chi connectivity index (χ0v) is 11.4. The summed E-state index contributed by atoms with van der Waals surface area (Å²) < 4.78 is 32.3. The summed E-state index contributed by atoms with van der Waals surface area (Å²) in [6.45, 7) is 5.95. The Morgan fingerprint density at radius 2 is 2.17 bits per heavy atom. The Morgan fingerprint density at radius 3 is 2.67 bits per heavy atom. The summed E-state index contributed by atoms with van der Waals surface area (Å²) in [7, 11) is 0. The predicted octanol–water partition coefficient (Wildman–Crippen LogP) is 3.22. The molecule has 1 N–H and O–H groups in total. The second-order valence-corrected chi connectivity index (χ2v) is 5.97. The van der Waals surface area contributed by atoms with Crippen molar-refractivity contribution in [3.63, 3.8) is 0 Å². The van der Waals surface area contributed by atoms with E-state index in [0.717, 1.165) is 26.0 Å². The molecule has 2 fully saturated rings. The number of halogens is 2. The van der Waals surface area contributed by atoms with E-state index in [4.69, 9.17) is 4.74 Å². The summed E-state index contributed by atoms with van der Waals surface area (Å²) in [5.41, 5.74) is 0. The molecule has 106 valence electrons. The van der Waals surface area contributed by atoms with Crippen LogP contribution in [-0.4, -0.2) is 31.2 Å². The summed E-state index contributed by atoms with van der Waals surface area (Å²) in [6.07, 6.45) is 2.93. The van der Waals surface area contributed by atoms with Crippen molar-refractivity contribution in [1.29, 1.82) is 0 Å². The highest BCUT2D eigenvalue weighted by Crippen LogP contribution is 2.41. The number of alkyl halides is 2. The first-order valence-electron chi connectivity index (χ1n) is 7.24. The lowest BCUT2D eigenvalue weighted by atomic mass is 9.89. The lowest BCUT2D eigenvalue weighted by Crippen LogP contribution is -2.43. The Hall–Kier alpha value is -0.220. The Kier molecular flexibility index (Phi) is 4.59. The lowest BCUT2D eigenvalue weighted by Gasteiger charge is -2.29. The molecular formula is C14H25F2NO. The summed E-state index contributed by atoms with van der Waals surface area (Å²) in [4.78, 5) is 0. The number of rotatable bonds is 5. The fourth-order valence-corrected chi connectivity index (χ4v) is 3.43. The molecule has 0 aromatic rings. The van der Waals surface area contributed by atoms with E-state index in [2.05, 4.69) is 19.2 Å². The molecule has 2 nitrogen and oxygen atoms in total. The highest BCUT2D eigenvalue weighted by Gasteiger charge is 2.41. The third-order valence-electron chi connectivity index (χ3n) is 4.40. The van der Waals surface area contributed by atoms with Crippen molar-refractivity contribution in [2.75, 3.05) is 13.2 Å². The van der Waals surface area contributed by atoms with Crippen LogP contribution in [0.2, 0.25) is 0 Å². The van der Waals surface area contributed by atoms with Gasteiger partial charge in [0, 0.05) is 25.5 Å². The third kappa shape index (κ3) is 3.41. The van der Waals surface area contributed by atoms with Crippen LogP contribution < -0.4 is 5.32 Å². The van der Waals surface area contributed by atoms with Crippen LogP contribution in [-0.2, 0) is 4.74 Å². The van der Waals surface area contributed by atoms with Crippen molar-refractivity contribution < 1.29 is 13.5 Å². The summed E-state index contributed by atoms with van der Waals surface area (Å²) in [5, 5.41) is 3.44. The minimum atomic E-state index is -2.43. The Bertz CT molecular complexity index is 273. The predicted molar refractivity (Wildman–Crippen MR) is 67.9 cm³/mol. The molecule has 4 atom stereocenters. The average Bonchev–Trinajstić information content (AvgIpc) is 2.84. The van der Waals surface area contributed by atoms with E-state index < -0.39 is 5.92 Å². The van der Waals surface area contributed by atoms with Crippen LogP contribution in [0.3, 0.4) is 0 Å². The van der Waals surface area contributed by atoms with Crippen molar-refractivity contribution in [2.24, 2.45) is 11.8 Å². The molecule has 1 aliphatic carbocycles. The molecule has 1 heterocycles. The van der Waals surface area contributed by atoms with Crippen LogP contribution in [0.5, 0.6) is 0 Å². The van der Waals surface area contributed by atoms with Gasteiger partial charge in [-0.25, -0.2) is 8.78 Å². The van der Waals surface area contributed by atoms with Gasteiger partial charge in [-0.15, -0.1) is 0 Å². The maximum absolute atomic E-state index is 13.2. The number of ether oxygens (including phenoxy) is 1. The van der Waals surface area contributed by atoms with Crippen LogP contribution in [0.15, 0.2) is 0 Å². The fourth-order valence-electron chi connectivity index (χ4n) is 3.43. The molecule has 0 spiro atoms. The maximum atomic E-state index is 13.2. The van der Waals surface area contributed by atoms with Gasteiger partial charge in [0.25, 0.3) is 0 Å². The van der Waals surface area contributed by atoms with Crippen molar-refractivity contribution >= 4 is 0 Å². The van der Waals surface area contributed by atoms with E-state index in [1.54, 1.807) is 0 Å². The summed E-state index contributed by atoms with van der Waals surface area (Å²) >= 11 is 0. The van der Waals surface area contributed by atoms with Gasteiger partial charge in [-0.1, -0.05) is 13.8 Å². The number of nitrogens with one attached hydrogen (secondary N) is 1. The van der Waals surface area contributed by atoms with Gasteiger partial charge < -0.3 is 10.1 Å². The van der Waals surface area contributed by atoms with Gasteiger partial charge in [-0.2, -0.15) is 0 Å². The Balaban J connectivity index is 1.90. The fraction of sp³-hybridized carbons (Fsp3) is 1.00. The molecule has 2 rings (SSSR count). The zero-order chi connectivity index (χ0) is 13.2. The summed E-state index contributed by atoms with van der Waals surface area (Å²) in [6, 6.07) is 0.242. The van der Waals surface area contributed by atoms with Crippen LogP contribution in [0.1, 0.15) is 46.0 Å². The second kappa shape index (κ2) is 5.83. The quantitative estimate of drug-likeness (QED) is 0.820. The van der Waals surface area contributed by atoms with E-state index in [9.17, 15) is 8.78 Å². The van der Waals surface area contributed by atoms with Crippen molar-refractivity contribution in [3.05, 3.63) is 0 Å². The van der Waals surface area contributed by atoms with Gasteiger partial charge in [-0.3, -0.25) is 0 Å². The Morgan fingerprint density at radius 1 is 1.39 bits per heavy atom. The minimum Gasteiger partial charge on any atom is -0.376 e. The van der Waals surface area contributed by atoms with Crippen LogP contribution in [0.25, 0.3) is 0 Å². The first-order chi connectivity index (χ1) is 8.52. The first-order valence-corrected chi connectivity index (χ1v) is 7.24. The van der Waals surface area contributed by atoms with E-state index in [0.29, 0.717) is 12.3 Å².